The number of hydrogen-bond donors (Lipinski definition) is 2. The third kappa shape index (κ3) is 2.56. The molecule has 0 bridgehead atoms. The highest BCUT2D eigenvalue weighted by Crippen LogP contribution is 2.18. The highest BCUT2D eigenvalue weighted by molar-refractivity contribution is 7.92. The van der Waals surface area contributed by atoms with Gasteiger partial charge in [-0.3, -0.25) is 0 Å². The molecule has 1 aromatic heterocycles. The molecule has 3 N–H and O–H groups in total. The van der Waals surface area contributed by atoms with Crippen molar-refractivity contribution in [3.8, 4) is 0 Å². The Morgan fingerprint density at radius 2 is 2.06 bits per heavy atom. The van der Waals surface area contributed by atoms with Gasteiger partial charge in [0.1, 0.15) is 0 Å². The monoisotopic (exact) mass is 268 g/mol. The molecule has 0 aliphatic rings. The minimum Gasteiger partial charge on any atom is -0.399 e. The second kappa shape index (κ2) is 4.26. The molecule has 2 aromatic rings. The van der Waals surface area contributed by atoms with E-state index in [2.05, 4.69) is 20.1 Å². The molecule has 0 fully saturated rings. The second-order valence-corrected chi connectivity index (χ2v) is 5.47. The van der Waals surface area contributed by atoms with Gasteiger partial charge in [-0.25, -0.2) is 13.1 Å². The average Bonchev–Trinajstić information content (AvgIpc) is 2.61. The van der Waals surface area contributed by atoms with E-state index >= 15 is 0 Å². The first-order valence-corrected chi connectivity index (χ1v) is 6.49. The van der Waals surface area contributed by atoms with Crippen molar-refractivity contribution in [1.82, 2.24) is 20.2 Å². The minimum atomic E-state index is -3.75. The van der Waals surface area contributed by atoms with Crippen molar-refractivity contribution < 1.29 is 8.42 Å². The maximum absolute atomic E-state index is 12.0. The summed E-state index contributed by atoms with van der Waals surface area (Å²) in [5.41, 5.74) is 6.74. The molecular weight excluding hydrogens is 256 g/mol. The molecule has 1 aromatic carbocycles. The van der Waals surface area contributed by atoms with Crippen LogP contribution in [0.2, 0.25) is 0 Å². The van der Waals surface area contributed by atoms with Crippen LogP contribution in [-0.4, -0.2) is 28.6 Å². The highest BCUT2D eigenvalue weighted by atomic mass is 32.2. The molecule has 8 nitrogen and oxygen atoms in total. The smallest absolute Gasteiger partial charge is 0.277 e. The summed E-state index contributed by atoms with van der Waals surface area (Å²) in [7, 11) is -2.22. The number of benzene rings is 1. The van der Waals surface area contributed by atoms with Gasteiger partial charge in [0.2, 0.25) is 0 Å². The lowest BCUT2D eigenvalue weighted by atomic mass is 10.2. The van der Waals surface area contributed by atoms with Crippen molar-refractivity contribution in [2.24, 2.45) is 7.05 Å². The first kappa shape index (κ1) is 12.3. The molecule has 0 spiro atoms. The van der Waals surface area contributed by atoms with Crippen molar-refractivity contribution >= 4 is 21.7 Å². The van der Waals surface area contributed by atoms with Gasteiger partial charge in [-0.15, -0.1) is 5.10 Å². The molecule has 0 amide bonds. The van der Waals surface area contributed by atoms with Gasteiger partial charge in [-0.2, -0.15) is 4.80 Å². The van der Waals surface area contributed by atoms with Crippen molar-refractivity contribution in [2.45, 2.75) is 11.8 Å². The zero-order valence-electron chi connectivity index (χ0n) is 9.82. The average molecular weight is 268 g/mol. The maximum atomic E-state index is 12.0. The second-order valence-electron chi connectivity index (χ2n) is 3.79. The van der Waals surface area contributed by atoms with Crippen molar-refractivity contribution in [3.05, 3.63) is 23.8 Å². The molecule has 0 unspecified atom stereocenters. The largest absolute Gasteiger partial charge is 0.399 e. The summed E-state index contributed by atoms with van der Waals surface area (Å²) in [6.07, 6.45) is 0. The predicted octanol–water partition coefficient (Wildman–Crippen LogP) is -0.0985. The summed E-state index contributed by atoms with van der Waals surface area (Å²) < 4.78 is 26.3. The normalized spacial score (nSPS) is 11.4. The van der Waals surface area contributed by atoms with E-state index in [1.165, 1.54) is 19.2 Å². The molecule has 9 heteroatoms. The zero-order valence-corrected chi connectivity index (χ0v) is 10.6. The quantitative estimate of drug-likeness (QED) is 0.751. The number of sulfonamides is 1. The molecule has 96 valence electrons. The molecule has 1 heterocycles. The lowest BCUT2D eigenvalue weighted by molar-refractivity contribution is 0.600. The number of rotatable bonds is 3. The Labute approximate surface area is 104 Å². The molecular formula is C9H12N6O2S. The number of anilines is 2. The molecule has 0 aliphatic carbocycles. The van der Waals surface area contributed by atoms with E-state index in [9.17, 15) is 8.42 Å². The van der Waals surface area contributed by atoms with Gasteiger partial charge in [-0.1, -0.05) is 5.10 Å². The van der Waals surface area contributed by atoms with Gasteiger partial charge >= 0.3 is 0 Å². The van der Waals surface area contributed by atoms with Crippen molar-refractivity contribution in [2.75, 3.05) is 10.5 Å². The van der Waals surface area contributed by atoms with Gasteiger partial charge < -0.3 is 5.73 Å². The number of nitrogens with two attached hydrogens (primary N) is 1. The lowest BCUT2D eigenvalue weighted by Gasteiger charge is -2.06. The first-order chi connectivity index (χ1) is 8.37. The van der Waals surface area contributed by atoms with E-state index in [1.54, 1.807) is 13.0 Å². The number of tetrazole rings is 1. The van der Waals surface area contributed by atoms with Crippen LogP contribution in [-0.2, 0) is 17.1 Å². The maximum Gasteiger partial charge on any atom is 0.277 e. The number of nitrogens with zero attached hydrogens (tertiary/aromatic N) is 4. The van der Waals surface area contributed by atoms with Gasteiger partial charge in [0.15, 0.2) is 0 Å². The summed E-state index contributed by atoms with van der Waals surface area (Å²) >= 11 is 0. The standard InChI is InChI=1S/C9H12N6O2S/c1-6-3-7(10)5-8(4-6)18(16,17)13-9-11-14-15(2)12-9/h3-5H,10H2,1-2H3,(H,12,13). The fourth-order valence-corrected chi connectivity index (χ4v) is 2.51. The topological polar surface area (TPSA) is 116 Å². The van der Waals surface area contributed by atoms with Gasteiger partial charge in [0.25, 0.3) is 16.0 Å². The molecule has 0 atom stereocenters. The Bertz CT molecular complexity index is 658. The van der Waals surface area contributed by atoms with Crippen molar-refractivity contribution in [1.29, 1.82) is 0 Å². The van der Waals surface area contributed by atoms with Crippen LogP contribution in [0.4, 0.5) is 11.6 Å². The van der Waals surface area contributed by atoms with E-state index in [-0.39, 0.29) is 10.8 Å². The molecule has 0 radical (unpaired) electrons. The minimum absolute atomic E-state index is 0.0625. The van der Waals surface area contributed by atoms with Crippen LogP contribution in [0.3, 0.4) is 0 Å². The lowest BCUT2D eigenvalue weighted by Crippen LogP contribution is -2.14. The summed E-state index contributed by atoms with van der Waals surface area (Å²) in [4.78, 5) is 1.22. The Morgan fingerprint density at radius 1 is 1.33 bits per heavy atom. The van der Waals surface area contributed by atoms with Crippen LogP contribution >= 0.6 is 0 Å². The Hall–Kier alpha value is -2.16. The van der Waals surface area contributed by atoms with E-state index < -0.39 is 10.0 Å². The zero-order chi connectivity index (χ0) is 13.3. The number of aromatic nitrogens is 4. The first-order valence-electron chi connectivity index (χ1n) is 5.01. The van der Waals surface area contributed by atoms with Crippen LogP contribution in [0, 0.1) is 6.92 Å². The van der Waals surface area contributed by atoms with E-state index in [0.717, 1.165) is 10.4 Å². The van der Waals surface area contributed by atoms with Crippen molar-refractivity contribution in [3.63, 3.8) is 0 Å². The number of hydrogen-bond acceptors (Lipinski definition) is 6. The Balaban J connectivity index is 2.36. The fraction of sp³-hybridized carbons (Fsp3) is 0.222. The molecule has 0 saturated heterocycles. The van der Waals surface area contributed by atoms with Crippen LogP contribution in [0.25, 0.3) is 0 Å². The fourth-order valence-electron chi connectivity index (χ4n) is 1.44. The van der Waals surface area contributed by atoms with Crippen LogP contribution in [0.5, 0.6) is 0 Å². The molecule has 2 rings (SSSR count). The molecule has 0 saturated carbocycles. The molecule has 18 heavy (non-hydrogen) atoms. The van der Waals surface area contributed by atoms with E-state index in [1.807, 2.05) is 0 Å². The summed E-state index contributed by atoms with van der Waals surface area (Å²) in [6, 6.07) is 4.56. The summed E-state index contributed by atoms with van der Waals surface area (Å²) in [5, 5.41) is 10.8. The third-order valence-electron chi connectivity index (χ3n) is 2.12. The van der Waals surface area contributed by atoms with Crippen LogP contribution in [0.1, 0.15) is 5.56 Å². The summed E-state index contributed by atoms with van der Waals surface area (Å²) in [6.45, 7) is 1.76. The highest BCUT2D eigenvalue weighted by Gasteiger charge is 2.17. The van der Waals surface area contributed by atoms with E-state index in [0.29, 0.717) is 5.69 Å². The van der Waals surface area contributed by atoms with Crippen LogP contribution in [0.15, 0.2) is 23.1 Å². The summed E-state index contributed by atoms with van der Waals surface area (Å²) in [5.74, 6) is -0.0856. The number of nitrogens with one attached hydrogen (secondary N) is 1. The van der Waals surface area contributed by atoms with Gasteiger partial charge in [0.05, 0.1) is 11.9 Å². The van der Waals surface area contributed by atoms with E-state index in [4.69, 9.17) is 5.73 Å². The number of nitrogen functional groups attached to an aromatic ring is 1. The predicted molar refractivity (Wildman–Crippen MR) is 65.2 cm³/mol. The van der Waals surface area contributed by atoms with Gasteiger partial charge in [-0.05, 0) is 35.9 Å². The number of aryl methyl sites for hydroxylation is 2. The molecule has 0 aliphatic heterocycles. The van der Waals surface area contributed by atoms with Crippen LogP contribution < -0.4 is 10.5 Å². The SMILES string of the molecule is Cc1cc(N)cc(S(=O)(=O)Nc2nnn(C)n2)c1. The van der Waals surface area contributed by atoms with Gasteiger partial charge in [0, 0.05) is 5.69 Å². The Kier molecular flexibility index (Phi) is 2.91. The Morgan fingerprint density at radius 3 is 2.61 bits per heavy atom. The third-order valence-corrected chi connectivity index (χ3v) is 3.43.